The Bertz CT molecular complexity index is 375. The number of nitrogens with zero attached hydrogens (tertiary/aromatic N) is 2. The Labute approximate surface area is 139 Å². The highest BCUT2D eigenvalue weighted by Gasteiger charge is 2.32. The smallest absolute Gasteiger partial charge is 0.249 e. The second-order valence-electron chi connectivity index (χ2n) is 7.21. The maximum Gasteiger partial charge on any atom is 0.249 e. The molecule has 0 aromatic carbocycles. The number of amides is 1. The lowest BCUT2D eigenvalue weighted by Crippen LogP contribution is -2.45. The molecule has 1 saturated carbocycles. The molecule has 132 valence electrons. The van der Waals surface area contributed by atoms with Crippen molar-refractivity contribution in [3.63, 3.8) is 0 Å². The second-order valence-corrected chi connectivity index (χ2v) is 7.21. The summed E-state index contributed by atoms with van der Waals surface area (Å²) < 4.78 is 5.37. The molecule has 3 rings (SSSR count). The van der Waals surface area contributed by atoms with Crippen LogP contribution in [0.3, 0.4) is 0 Å². The average molecular weight is 325 g/mol. The highest BCUT2D eigenvalue weighted by Crippen LogP contribution is 2.23. The number of aliphatic hydroxyl groups is 1. The van der Waals surface area contributed by atoms with E-state index in [4.69, 9.17) is 4.74 Å². The van der Waals surface area contributed by atoms with Gasteiger partial charge in [0.1, 0.15) is 6.10 Å². The highest BCUT2D eigenvalue weighted by molar-refractivity contribution is 5.81. The van der Waals surface area contributed by atoms with Gasteiger partial charge in [0.25, 0.3) is 0 Å². The van der Waals surface area contributed by atoms with E-state index in [9.17, 15) is 9.90 Å². The maximum atomic E-state index is 11.9. The van der Waals surface area contributed by atoms with Crippen molar-refractivity contribution in [3.8, 4) is 0 Å². The molecular weight excluding hydrogens is 294 g/mol. The average Bonchev–Trinajstić information content (AvgIpc) is 3.40. The van der Waals surface area contributed by atoms with Gasteiger partial charge >= 0.3 is 0 Å². The summed E-state index contributed by atoms with van der Waals surface area (Å²) in [4.78, 5) is 16.9. The number of hydrogen-bond acceptors (Lipinski definition) is 5. The zero-order valence-electron chi connectivity index (χ0n) is 14.1. The molecule has 2 N–H and O–H groups in total. The number of carbonyl (C=O) groups is 1. The molecule has 3 fully saturated rings. The van der Waals surface area contributed by atoms with Crippen LogP contribution in [0.1, 0.15) is 32.1 Å². The molecule has 6 heteroatoms. The molecule has 1 amide bonds. The van der Waals surface area contributed by atoms with Crippen molar-refractivity contribution in [3.05, 3.63) is 0 Å². The Morgan fingerprint density at radius 3 is 2.26 bits per heavy atom. The molecular formula is C17H31N3O3. The minimum absolute atomic E-state index is 0.129. The largest absolute Gasteiger partial charge is 0.383 e. The van der Waals surface area contributed by atoms with Crippen LogP contribution in [0, 0.1) is 5.92 Å². The van der Waals surface area contributed by atoms with Gasteiger partial charge in [-0.15, -0.1) is 0 Å². The number of morpholine rings is 1. The minimum atomic E-state index is -0.814. The number of ether oxygens (including phenoxy) is 1. The zero-order chi connectivity index (χ0) is 16.1. The fraction of sp³-hybridized carbons (Fsp3) is 0.941. The summed E-state index contributed by atoms with van der Waals surface area (Å²) in [7, 11) is 0. The van der Waals surface area contributed by atoms with Crippen molar-refractivity contribution in [2.24, 2.45) is 5.92 Å². The molecule has 0 aromatic heterocycles. The van der Waals surface area contributed by atoms with E-state index in [1.54, 1.807) is 0 Å². The molecule has 3 aliphatic rings. The van der Waals surface area contributed by atoms with Crippen LogP contribution in [-0.4, -0.2) is 85.4 Å². The molecule has 1 atom stereocenters. The number of piperidine rings is 1. The van der Waals surface area contributed by atoms with Gasteiger partial charge in [0.05, 0.1) is 13.2 Å². The monoisotopic (exact) mass is 325 g/mol. The number of carbonyl (C=O) groups excluding carboxylic acids is 1. The van der Waals surface area contributed by atoms with Gasteiger partial charge < -0.3 is 20.1 Å². The molecule has 6 nitrogen and oxygen atoms in total. The van der Waals surface area contributed by atoms with Crippen molar-refractivity contribution >= 4 is 5.91 Å². The highest BCUT2D eigenvalue weighted by atomic mass is 16.5. The SMILES string of the molecule is O=C(NC1CC1)[C@@H](O)C1CCN(CCCN2CCOCC2)CC1. The van der Waals surface area contributed by atoms with Crippen LogP contribution in [0.2, 0.25) is 0 Å². The minimum Gasteiger partial charge on any atom is -0.383 e. The van der Waals surface area contributed by atoms with Gasteiger partial charge in [0, 0.05) is 19.1 Å². The van der Waals surface area contributed by atoms with E-state index in [0.29, 0.717) is 6.04 Å². The summed E-state index contributed by atoms with van der Waals surface area (Å²) in [5.41, 5.74) is 0. The fourth-order valence-electron chi connectivity index (χ4n) is 3.56. The standard InChI is InChI=1S/C17H31N3O3/c21-16(17(22)18-15-2-3-15)14-4-8-19(9-5-14)6-1-7-20-10-12-23-13-11-20/h14-16,21H,1-13H2,(H,18,22)/t16-/m0/s1. The van der Waals surface area contributed by atoms with Gasteiger partial charge in [-0.2, -0.15) is 0 Å². The number of likely N-dealkylation sites (tertiary alicyclic amines) is 1. The lowest BCUT2D eigenvalue weighted by Gasteiger charge is -2.34. The van der Waals surface area contributed by atoms with Crippen LogP contribution in [0.25, 0.3) is 0 Å². The predicted molar refractivity (Wildman–Crippen MR) is 88.2 cm³/mol. The molecule has 0 spiro atoms. The van der Waals surface area contributed by atoms with Gasteiger partial charge in [-0.25, -0.2) is 0 Å². The molecule has 1 aliphatic carbocycles. The van der Waals surface area contributed by atoms with Crippen LogP contribution in [0.5, 0.6) is 0 Å². The third-order valence-electron chi connectivity index (χ3n) is 5.32. The van der Waals surface area contributed by atoms with Crippen LogP contribution in [-0.2, 0) is 9.53 Å². The Balaban J connectivity index is 1.29. The van der Waals surface area contributed by atoms with Gasteiger partial charge in [0.2, 0.25) is 5.91 Å². The summed E-state index contributed by atoms with van der Waals surface area (Å²) in [6, 6.07) is 0.331. The fourth-order valence-corrected chi connectivity index (χ4v) is 3.56. The van der Waals surface area contributed by atoms with Gasteiger partial charge in [-0.3, -0.25) is 9.69 Å². The molecule has 2 saturated heterocycles. The number of aliphatic hydroxyl groups excluding tert-OH is 1. The van der Waals surface area contributed by atoms with E-state index >= 15 is 0 Å². The van der Waals surface area contributed by atoms with Crippen molar-refractivity contribution < 1.29 is 14.6 Å². The lowest BCUT2D eigenvalue weighted by molar-refractivity contribution is -0.133. The molecule has 2 heterocycles. The van der Waals surface area contributed by atoms with E-state index in [2.05, 4.69) is 15.1 Å². The number of nitrogens with one attached hydrogen (secondary N) is 1. The Hall–Kier alpha value is -0.690. The van der Waals surface area contributed by atoms with Crippen LogP contribution < -0.4 is 5.32 Å². The third kappa shape index (κ3) is 5.41. The first-order chi connectivity index (χ1) is 11.2. The topological polar surface area (TPSA) is 65.0 Å². The lowest BCUT2D eigenvalue weighted by atomic mass is 9.90. The molecule has 0 radical (unpaired) electrons. The van der Waals surface area contributed by atoms with E-state index in [1.165, 1.54) is 6.42 Å². The maximum absolute atomic E-state index is 11.9. The third-order valence-corrected chi connectivity index (χ3v) is 5.32. The van der Waals surface area contributed by atoms with Gasteiger partial charge in [0.15, 0.2) is 0 Å². The van der Waals surface area contributed by atoms with Crippen LogP contribution >= 0.6 is 0 Å². The Morgan fingerprint density at radius 1 is 1.04 bits per heavy atom. The van der Waals surface area contributed by atoms with Gasteiger partial charge in [-0.1, -0.05) is 0 Å². The van der Waals surface area contributed by atoms with Crippen molar-refractivity contribution in [1.82, 2.24) is 15.1 Å². The predicted octanol–water partition coefficient (Wildman–Crippen LogP) is 0.0602. The van der Waals surface area contributed by atoms with Crippen molar-refractivity contribution in [2.45, 2.75) is 44.2 Å². The number of hydrogen-bond donors (Lipinski definition) is 2. The summed E-state index contributed by atoms with van der Waals surface area (Å²) in [6.07, 6.45) is 4.37. The zero-order valence-corrected chi connectivity index (χ0v) is 14.1. The van der Waals surface area contributed by atoms with Crippen molar-refractivity contribution in [1.29, 1.82) is 0 Å². The Kier molecular flexibility index (Phi) is 6.28. The van der Waals surface area contributed by atoms with Crippen LogP contribution in [0.4, 0.5) is 0 Å². The first kappa shape index (κ1) is 17.1. The summed E-state index contributed by atoms with van der Waals surface area (Å²) >= 11 is 0. The normalized spacial score (nSPS) is 26.1. The molecule has 0 bridgehead atoms. The molecule has 23 heavy (non-hydrogen) atoms. The van der Waals surface area contributed by atoms with E-state index in [0.717, 1.165) is 78.2 Å². The summed E-state index contributed by atoms with van der Waals surface area (Å²) in [6.45, 7) is 8.13. The quantitative estimate of drug-likeness (QED) is 0.693. The number of rotatable bonds is 7. The molecule has 0 aromatic rings. The summed E-state index contributed by atoms with van der Waals surface area (Å²) in [5, 5.41) is 13.1. The second kappa shape index (κ2) is 8.42. The first-order valence-corrected chi connectivity index (χ1v) is 9.23. The molecule has 2 aliphatic heterocycles. The van der Waals surface area contributed by atoms with E-state index in [1.807, 2.05) is 0 Å². The van der Waals surface area contributed by atoms with Gasteiger partial charge in [-0.05, 0) is 64.2 Å². The van der Waals surface area contributed by atoms with E-state index < -0.39 is 6.10 Å². The Morgan fingerprint density at radius 2 is 1.65 bits per heavy atom. The first-order valence-electron chi connectivity index (χ1n) is 9.23. The van der Waals surface area contributed by atoms with Crippen LogP contribution in [0.15, 0.2) is 0 Å². The summed E-state index contributed by atoms with van der Waals surface area (Å²) in [5.74, 6) is -0.0255. The molecule has 0 unspecified atom stereocenters. The van der Waals surface area contributed by atoms with Crippen molar-refractivity contribution in [2.75, 3.05) is 52.5 Å². The van der Waals surface area contributed by atoms with E-state index in [-0.39, 0.29) is 11.8 Å².